The Morgan fingerprint density at radius 2 is 2.29 bits per heavy atom. The van der Waals surface area contributed by atoms with E-state index in [0.29, 0.717) is 5.02 Å². The molecular weight excluding hydrogens is 220 g/mol. The van der Waals surface area contributed by atoms with Crippen LogP contribution in [-0.4, -0.2) is 11.1 Å². The monoisotopic (exact) mass is 226 g/mol. The number of aliphatic carboxylic acids is 1. The van der Waals surface area contributed by atoms with Gasteiger partial charge in [0.25, 0.3) is 0 Å². The number of carboxylic acid groups (broad SMARTS) is 1. The van der Waals surface area contributed by atoms with Gasteiger partial charge >= 0.3 is 5.97 Å². The molecule has 0 spiro atoms. The van der Waals surface area contributed by atoms with Crippen molar-refractivity contribution in [1.82, 2.24) is 0 Å². The number of thiophene rings is 1. The van der Waals surface area contributed by atoms with Crippen LogP contribution >= 0.6 is 22.9 Å². The van der Waals surface area contributed by atoms with Crippen LogP contribution in [0.1, 0.15) is 5.56 Å². The standard InChI is InChI=1S/C10H7ClO2S/c11-7-1-2-8-6(3-10(12)13)5-14-9(8)4-7/h1-2,4-5H,3H2,(H,12,13). The molecule has 2 rings (SSSR count). The Bertz CT molecular complexity index is 490. The van der Waals surface area contributed by atoms with Gasteiger partial charge in [0.1, 0.15) is 0 Å². The van der Waals surface area contributed by atoms with Crippen molar-refractivity contribution in [2.24, 2.45) is 0 Å². The minimum atomic E-state index is -0.806. The zero-order valence-corrected chi connectivity index (χ0v) is 8.73. The van der Waals surface area contributed by atoms with Crippen LogP contribution in [0.5, 0.6) is 0 Å². The van der Waals surface area contributed by atoms with Gasteiger partial charge in [0, 0.05) is 9.72 Å². The summed E-state index contributed by atoms with van der Waals surface area (Å²) in [5, 5.41) is 12.2. The molecule has 1 aromatic carbocycles. The fourth-order valence-electron chi connectivity index (χ4n) is 1.36. The number of carbonyl (C=O) groups is 1. The molecule has 0 fully saturated rings. The Morgan fingerprint density at radius 1 is 1.50 bits per heavy atom. The van der Waals surface area contributed by atoms with Crippen molar-refractivity contribution in [3.8, 4) is 0 Å². The molecule has 14 heavy (non-hydrogen) atoms. The van der Waals surface area contributed by atoms with Gasteiger partial charge in [0.2, 0.25) is 0 Å². The number of hydrogen-bond acceptors (Lipinski definition) is 2. The summed E-state index contributed by atoms with van der Waals surface area (Å²) in [5.41, 5.74) is 0.856. The molecule has 0 bridgehead atoms. The van der Waals surface area contributed by atoms with Gasteiger partial charge in [-0.25, -0.2) is 0 Å². The van der Waals surface area contributed by atoms with Crippen molar-refractivity contribution >= 4 is 39.0 Å². The van der Waals surface area contributed by atoms with Crippen LogP contribution in [0, 0.1) is 0 Å². The van der Waals surface area contributed by atoms with Gasteiger partial charge in [0.05, 0.1) is 6.42 Å². The number of benzene rings is 1. The van der Waals surface area contributed by atoms with Crippen LogP contribution in [0.3, 0.4) is 0 Å². The molecule has 0 atom stereocenters. The van der Waals surface area contributed by atoms with Crippen LogP contribution in [0.25, 0.3) is 10.1 Å². The normalized spacial score (nSPS) is 10.6. The Morgan fingerprint density at radius 3 is 3.00 bits per heavy atom. The molecule has 0 amide bonds. The van der Waals surface area contributed by atoms with Crippen molar-refractivity contribution in [2.75, 3.05) is 0 Å². The summed E-state index contributed by atoms with van der Waals surface area (Å²) in [6, 6.07) is 5.50. The van der Waals surface area contributed by atoms with Crippen LogP contribution in [0.4, 0.5) is 0 Å². The first kappa shape index (κ1) is 9.49. The maximum atomic E-state index is 10.6. The third-order valence-electron chi connectivity index (χ3n) is 1.96. The minimum absolute atomic E-state index is 0.0711. The predicted octanol–water partition coefficient (Wildman–Crippen LogP) is 3.18. The first-order valence-corrected chi connectivity index (χ1v) is 5.30. The van der Waals surface area contributed by atoms with Gasteiger partial charge in [-0.1, -0.05) is 17.7 Å². The second kappa shape index (κ2) is 3.59. The smallest absolute Gasteiger partial charge is 0.307 e. The van der Waals surface area contributed by atoms with Crippen LogP contribution < -0.4 is 0 Å². The first-order valence-electron chi connectivity index (χ1n) is 4.04. The van der Waals surface area contributed by atoms with Crippen molar-refractivity contribution in [2.45, 2.75) is 6.42 Å². The summed E-state index contributed by atoms with van der Waals surface area (Å²) in [7, 11) is 0. The third kappa shape index (κ3) is 1.74. The number of carboxylic acids is 1. The molecule has 2 nitrogen and oxygen atoms in total. The molecule has 0 aliphatic carbocycles. The van der Waals surface area contributed by atoms with E-state index in [4.69, 9.17) is 16.7 Å². The van der Waals surface area contributed by atoms with E-state index in [1.807, 2.05) is 17.5 Å². The number of hydrogen-bond donors (Lipinski definition) is 1. The highest BCUT2D eigenvalue weighted by Gasteiger charge is 2.07. The zero-order valence-electron chi connectivity index (χ0n) is 7.16. The Labute approximate surface area is 89.7 Å². The Kier molecular flexibility index (Phi) is 2.44. The molecule has 0 saturated heterocycles. The molecule has 0 aliphatic heterocycles. The second-order valence-corrected chi connectivity index (χ2v) is 4.32. The van der Waals surface area contributed by atoms with Crippen LogP contribution in [-0.2, 0) is 11.2 Å². The summed E-state index contributed by atoms with van der Waals surface area (Å²) in [4.78, 5) is 10.6. The van der Waals surface area contributed by atoms with Gasteiger partial charge in [0.15, 0.2) is 0 Å². The van der Waals surface area contributed by atoms with E-state index in [-0.39, 0.29) is 6.42 Å². The van der Waals surface area contributed by atoms with Gasteiger partial charge in [-0.15, -0.1) is 11.3 Å². The summed E-state index contributed by atoms with van der Waals surface area (Å²) < 4.78 is 1.04. The lowest BCUT2D eigenvalue weighted by atomic mass is 10.1. The second-order valence-electron chi connectivity index (χ2n) is 2.97. The fourth-order valence-corrected chi connectivity index (χ4v) is 2.59. The molecule has 0 unspecified atom stereocenters. The van der Waals surface area contributed by atoms with Crippen LogP contribution in [0.2, 0.25) is 5.02 Å². The van der Waals surface area contributed by atoms with Gasteiger partial charge in [-0.05, 0) is 28.5 Å². The minimum Gasteiger partial charge on any atom is -0.481 e. The molecule has 4 heteroatoms. The van der Waals surface area contributed by atoms with Gasteiger partial charge in [-0.2, -0.15) is 0 Å². The van der Waals surface area contributed by atoms with Crippen LogP contribution in [0.15, 0.2) is 23.6 Å². The van der Waals surface area contributed by atoms with E-state index in [9.17, 15) is 4.79 Å². The highest BCUT2D eigenvalue weighted by Crippen LogP contribution is 2.28. The lowest BCUT2D eigenvalue weighted by Gasteiger charge is -1.94. The van der Waals surface area contributed by atoms with E-state index in [2.05, 4.69) is 0 Å². The van der Waals surface area contributed by atoms with E-state index >= 15 is 0 Å². The Balaban J connectivity index is 2.52. The summed E-state index contributed by atoms with van der Waals surface area (Å²) in [5.74, 6) is -0.806. The molecule has 0 saturated carbocycles. The average molecular weight is 227 g/mol. The van der Waals surface area contributed by atoms with Gasteiger partial charge in [-0.3, -0.25) is 4.79 Å². The van der Waals surface area contributed by atoms with E-state index in [0.717, 1.165) is 15.6 Å². The lowest BCUT2D eigenvalue weighted by molar-refractivity contribution is -0.136. The summed E-state index contributed by atoms with van der Waals surface area (Å²) in [6.07, 6.45) is 0.0711. The highest BCUT2D eigenvalue weighted by atomic mass is 35.5. The average Bonchev–Trinajstić information content (AvgIpc) is 2.47. The number of rotatable bonds is 2. The predicted molar refractivity (Wildman–Crippen MR) is 58.2 cm³/mol. The molecule has 1 N–H and O–H groups in total. The zero-order chi connectivity index (χ0) is 10.1. The Hall–Kier alpha value is -1.06. The molecule has 1 heterocycles. The maximum Gasteiger partial charge on any atom is 0.307 e. The highest BCUT2D eigenvalue weighted by molar-refractivity contribution is 7.17. The topological polar surface area (TPSA) is 37.3 Å². The molecule has 0 aliphatic rings. The molecule has 72 valence electrons. The summed E-state index contributed by atoms with van der Waals surface area (Å²) in [6.45, 7) is 0. The molecule has 1 aromatic heterocycles. The molecule has 2 aromatic rings. The molecule has 0 radical (unpaired) electrons. The third-order valence-corrected chi connectivity index (χ3v) is 3.19. The number of fused-ring (bicyclic) bond motifs is 1. The van der Waals surface area contributed by atoms with Crippen molar-refractivity contribution in [3.05, 3.63) is 34.2 Å². The van der Waals surface area contributed by atoms with E-state index in [1.54, 1.807) is 6.07 Å². The molecular formula is C10H7ClO2S. The van der Waals surface area contributed by atoms with E-state index < -0.39 is 5.97 Å². The quantitative estimate of drug-likeness (QED) is 0.854. The fraction of sp³-hybridized carbons (Fsp3) is 0.100. The SMILES string of the molecule is O=C(O)Cc1csc2cc(Cl)ccc12. The van der Waals surface area contributed by atoms with Crippen molar-refractivity contribution < 1.29 is 9.90 Å². The largest absolute Gasteiger partial charge is 0.481 e. The van der Waals surface area contributed by atoms with E-state index in [1.165, 1.54) is 11.3 Å². The summed E-state index contributed by atoms with van der Waals surface area (Å²) >= 11 is 7.35. The van der Waals surface area contributed by atoms with Gasteiger partial charge < -0.3 is 5.11 Å². The number of halogens is 1. The maximum absolute atomic E-state index is 10.6. The van der Waals surface area contributed by atoms with Crippen molar-refractivity contribution in [3.63, 3.8) is 0 Å². The first-order chi connectivity index (χ1) is 6.66. The van der Waals surface area contributed by atoms with Crippen molar-refractivity contribution in [1.29, 1.82) is 0 Å². The lowest BCUT2D eigenvalue weighted by Crippen LogP contribution is -1.98.